The Morgan fingerprint density at radius 3 is 2.05 bits per heavy atom. The summed E-state index contributed by atoms with van der Waals surface area (Å²) in [4.78, 5) is 26.7. The van der Waals surface area contributed by atoms with Crippen LogP contribution in [-0.4, -0.2) is 79.5 Å². The zero-order chi connectivity index (χ0) is 16.8. The van der Waals surface area contributed by atoms with Gasteiger partial charge in [-0.25, -0.2) is 0 Å². The summed E-state index contributed by atoms with van der Waals surface area (Å²) in [6.07, 6.45) is 3.59. The van der Waals surface area contributed by atoms with Crippen molar-refractivity contribution in [1.82, 2.24) is 15.1 Å². The molecule has 0 aliphatic carbocycles. The third-order valence-electron chi connectivity index (χ3n) is 3.61. The molecule has 0 saturated carbocycles. The zero-order valence-corrected chi connectivity index (χ0v) is 14.4. The van der Waals surface area contributed by atoms with Crippen LogP contribution in [0, 0.1) is 0 Å². The Morgan fingerprint density at radius 1 is 0.955 bits per heavy atom. The number of carboxylic acid groups (broad SMARTS) is 1. The molecule has 0 aliphatic rings. The number of hydrogen-bond acceptors (Lipinski definition) is 5. The Hall–Kier alpha value is -0.980. The molecule has 0 aliphatic heterocycles. The number of Topliss-reactive ketones (excluding diaryl/α,β-unsaturated/α-hetero) is 1. The fraction of sp³-hybridized carbons (Fsp3) is 0.875. The molecular formula is C16H33N3O3. The number of unbranched alkanes of at least 4 members (excludes halogenated alkanes) is 1. The van der Waals surface area contributed by atoms with E-state index in [1.165, 1.54) is 0 Å². The van der Waals surface area contributed by atoms with Gasteiger partial charge in [0.25, 0.3) is 0 Å². The third kappa shape index (κ3) is 11.7. The molecule has 130 valence electrons. The Morgan fingerprint density at radius 2 is 1.55 bits per heavy atom. The highest BCUT2D eigenvalue weighted by Crippen LogP contribution is 1.99. The lowest BCUT2D eigenvalue weighted by atomic mass is 10.2. The van der Waals surface area contributed by atoms with Gasteiger partial charge in [-0.1, -0.05) is 20.3 Å². The highest BCUT2D eigenvalue weighted by Gasteiger charge is 2.13. The van der Waals surface area contributed by atoms with Gasteiger partial charge in [0.1, 0.15) is 5.78 Å². The standard InChI is InChI=1S/C16H33N3O3/c1-4-6-9-19(14-16(21)22)12-11-18(10-7-8-17-3)13-15(20)5-2/h17H,4-14H2,1-3H3,(H,21,22). The van der Waals surface area contributed by atoms with E-state index in [9.17, 15) is 9.59 Å². The zero-order valence-electron chi connectivity index (χ0n) is 14.4. The fourth-order valence-electron chi connectivity index (χ4n) is 2.24. The van der Waals surface area contributed by atoms with E-state index in [2.05, 4.69) is 17.1 Å². The van der Waals surface area contributed by atoms with Crippen molar-refractivity contribution in [2.45, 2.75) is 39.5 Å². The second-order valence-corrected chi connectivity index (χ2v) is 5.65. The summed E-state index contributed by atoms with van der Waals surface area (Å²) in [5.74, 6) is -0.551. The smallest absolute Gasteiger partial charge is 0.317 e. The normalized spacial score (nSPS) is 11.3. The quantitative estimate of drug-likeness (QED) is 0.440. The molecule has 6 nitrogen and oxygen atoms in total. The molecule has 6 heteroatoms. The molecule has 22 heavy (non-hydrogen) atoms. The lowest BCUT2D eigenvalue weighted by molar-refractivity contribution is -0.138. The summed E-state index contributed by atoms with van der Waals surface area (Å²) in [5.41, 5.74) is 0. The van der Waals surface area contributed by atoms with Gasteiger partial charge in [-0.05, 0) is 39.5 Å². The van der Waals surface area contributed by atoms with Crippen LogP contribution in [-0.2, 0) is 9.59 Å². The molecule has 0 aromatic heterocycles. The van der Waals surface area contributed by atoms with E-state index in [1.807, 2.05) is 18.9 Å². The van der Waals surface area contributed by atoms with Crippen LogP contribution in [0.5, 0.6) is 0 Å². The van der Waals surface area contributed by atoms with Gasteiger partial charge in [-0.2, -0.15) is 0 Å². The molecule has 0 rings (SSSR count). The van der Waals surface area contributed by atoms with Gasteiger partial charge >= 0.3 is 5.97 Å². The summed E-state index contributed by atoms with van der Waals surface area (Å²) in [7, 11) is 1.92. The maximum absolute atomic E-state index is 11.7. The topological polar surface area (TPSA) is 72.9 Å². The van der Waals surface area contributed by atoms with Crippen LogP contribution in [0.25, 0.3) is 0 Å². The molecule has 0 spiro atoms. The van der Waals surface area contributed by atoms with Gasteiger partial charge in [0.2, 0.25) is 0 Å². The molecule has 0 unspecified atom stereocenters. The lowest BCUT2D eigenvalue weighted by Gasteiger charge is -2.26. The number of nitrogens with one attached hydrogen (secondary N) is 1. The summed E-state index contributed by atoms with van der Waals surface area (Å²) < 4.78 is 0. The number of carbonyl (C=O) groups excluding carboxylic acids is 1. The summed E-state index contributed by atoms with van der Waals surface area (Å²) in [5, 5.41) is 12.1. The lowest BCUT2D eigenvalue weighted by Crippen LogP contribution is -2.40. The van der Waals surface area contributed by atoms with Crippen molar-refractivity contribution in [3.8, 4) is 0 Å². The van der Waals surface area contributed by atoms with E-state index in [0.29, 0.717) is 19.5 Å². The van der Waals surface area contributed by atoms with Crippen LogP contribution in [0.3, 0.4) is 0 Å². The Labute approximate surface area is 134 Å². The molecular weight excluding hydrogens is 282 g/mol. The van der Waals surface area contributed by atoms with Crippen LogP contribution >= 0.6 is 0 Å². The van der Waals surface area contributed by atoms with Crippen LogP contribution in [0.2, 0.25) is 0 Å². The van der Waals surface area contributed by atoms with E-state index in [0.717, 1.165) is 45.4 Å². The van der Waals surface area contributed by atoms with Crippen molar-refractivity contribution in [1.29, 1.82) is 0 Å². The Kier molecular flexibility index (Phi) is 13.1. The largest absolute Gasteiger partial charge is 0.480 e. The van der Waals surface area contributed by atoms with Crippen molar-refractivity contribution >= 4 is 11.8 Å². The first-order valence-electron chi connectivity index (χ1n) is 8.36. The molecule has 0 bridgehead atoms. The SMILES string of the molecule is CCCCN(CCN(CCCNC)CC(=O)CC)CC(=O)O. The molecule has 0 amide bonds. The average molecular weight is 315 g/mol. The highest BCUT2D eigenvalue weighted by atomic mass is 16.4. The number of hydrogen-bond donors (Lipinski definition) is 2. The fourth-order valence-corrected chi connectivity index (χ4v) is 2.24. The Bertz CT molecular complexity index is 311. The van der Waals surface area contributed by atoms with Gasteiger partial charge in [0.15, 0.2) is 0 Å². The molecule has 0 saturated heterocycles. The van der Waals surface area contributed by atoms with E-state index in [4.69, 9.17) is 5.11 Å². The predicted octanol–water partition coefficient (Wildman–Crippen LogP) is 1.06. The van der Waals surface area contributed by atoms with Crippen molar-refractivity contribution in [3.05, 3.63) is 0 Å². The molecule has 2 N–H and O–H groups in total. The minimum absolute atomic E-state index is 0.0755. The van der Waals surface area contributed by atoms with Crippen molar-refractivity contribution < 1.29 is 14.7 Å². The van der Waals surface area contributed by atoms with Crippen molar-refractivity contribution in [2.75, 3.05) is 52.9 Å². The van der Waals surface area contributed by atoms with E-state index in [1.54, 1.807) is 0 Å². The summed E-state index contributed by atoms with van der Waals surface area (Å²) >= 11 is 0. The summed E-state index contributed by atoms with van der Waals surface area (Å²) in [6.45, 7) is 8.55. The van der Waals surface area contributed by atoms with E-state index < -0.39 is 5.97 Å². The van der Waals surface area contributed by atoms with Crippen LogP contribution in [0.4, 0.5) is 0 Å². The number of rotatable bonds is 15. The molecule has 0 aromatic rings. The van der Waals surface area contributed by atoms with Crippen LogP contribution in [0.15, 0.2) is 0 Å². The second-order valence-electron chi connectivity index (χ2n) is 5.65. The Balaban J connectivity index is 4.37. The molecule has 0 fully saturated rings. The monoisotopic (exact) mass is 315 g/mol. The predicted molar refractivity (Wildman–Crippen MR) is 89.3 cm³/mol. The van der Waals surface area contributed by atoms with Gasteiger partial charge < -0.3 is 10.4 Å². The number of carbonyl (C=O) groups is 2. The number of nitrogens with zero attached hydrogens (tertiary/aromatic N) is 2. The first kappa shape index (κ1) is 21.0. The van der Waals surface area contributed by atoms with Crippen LogP contribution in [0.1, 0.15) is 39.5 Å². The maximum Gasteiger partial charge on any atom is 0.317 e. The highest BCUT2D eigenvalue weighted by molar-refractivity contribution is 5.80. The van der Waals surface area contributed by atoms with Gasteiger partial charge in [-0.15, -0.1) is 0 Å². The average Bonchev–Trinajstić information content (AvgIpc) is 2.49. The van der Waals surface area contributed by atoms with Gasteiger partial charge in [0, 0.05) is 19.5 Å². The number of carboxylic acids is 1. The van der Waals surface area contributed by atoms with E-state index in [-0.39, 0.29) is 12.3 Å². The van der Waals surface area contributed by atoms with E-state index >= 15 is 0 Å². The number of aliphatic carboxylic acids is 1. The maximum atomic E-state index is 11.7. The summed E-state index contributed by atoms with van der Waals surface area (Å²) in [6, 6.07) is 0. The minimum atomic E-state index is -0.789. The first-order valence-corrected chi connectivity index (χ1v) is 8.36. The van der Waals surface area contributed by atoms with Crippen molar-refractivity contribution in [3.63, 3.8) is 0 Å². The molecule has 0 atom stereocenters. The first-order chi connectivity index (χ1) is 10.5. The number of ketones is 1. The molecule has 0 aromatic carbocycles. The molecule has 0 heterocycles. The third-order valence-corrected chi connectivity index (χ3v) is 3.61. The van der Waals surface area contributed by atoms with Crippen LogP contribution < -0.4 is 5.32 Å². The van der Waals surface area contributed by atoms with Crippen molar-refractivity contribution in [2.24, 2.45) is 0 Å². The second kappa shape index (κ2) is 13.7. The molecule has 0 radical (unpaired) electrons. The van der Waals surface area contributed by atoms with Gasteiger partial charge in [0.05, 0.1) is 13.1 Å². The van der Waals surface area contributed by atoms with Gasteiger partial charge in [-0.3, -0.25) is 19.4 Å². The minimum Gasteiger partial charge on any atom is -0.480 e.